The first kappa shape index (κ1) is 43.7. The first-order valence-corrected chi connectivity index (χ1v) is 20.2. The van der Waals surface area contributed by atoms with Gasteiger partial charge in [-0.15, -0.1) is 0 Å². The van der Waals surface area contributed by atoms with Crippen LogP contribution < -0.4 is 0 Å². The van der Waals surface area contributed by atoms with Crippen LogP contribution in [0.1, 0.15) is 232 Å². The molecule has 0 aromatic heterocycles. The van der Waals surface area contributed by atoms with E-state index in [1.165, 1.54) is 141 Å². The van der Waals surface area contributed by atoms with Gasteiger partial charge in [-0.3, -0.25) is 9.59 Å². The standard InChI is InChI=1S/C41H78O4/c1-3-5-7-9-11-13-14-15-16-17-18-19-20-22-24-30-34-38-41(44)45-39(35-31-27-23-21-12-10-8-6-4-2)36-32-28-25-26-29-33-37-40(42)43/h31,35,39H,3-30,32-34,36-38H2,1-2H3,(H,42,43)/b35-31-. The highest BCUT2D eigenvalue weighted by atomic mass is 16.5. The largest absolute Gasteiger partial charge is 0.481 e. The minimum atomic E-state index is -0.697. The van der Waals surface area contributed by atoms with Crippen molar-refractivity contribution in [2.24, 2.45) is 0 Å². The molecule has 0 aliphatic carbocycles. The number of allylic oxidation sites excluding steroid dienone is 1. The van der Waals surface area contributed by atoms with E-state index in [1.54, 1.807) is 0 Å². The van der Waals surface area contributed by atoms with E-state index in [2.05, 4.69) is 26.0 Å². The predicted octanol–water partition coefficient (Wildman–Crippen LogP) is 13.8. The minimum Gasteiger partial charge on any atom is -0.481 e. The minimum absolute atomic E-state index is 0.0322. The summed E-state index contributed by atoms with van der Waals surface area (Å²) in [5, 5.41) is 8.78. The van der Waals surface area contributed by atoms with E-state index in [1.807, 2.05) is 0 Å². The fraction of sp³-hybridized carbons (Fsp3) is 0.902. The lowest BCUT2D eigenvalue weighted by Crippen LogP contribution is -2.16. The SMILES string of the molecule is CCCCCCCCC/C=C\C(CCCCCCCCC(=O)O)OC(=O)CCCCCCCCCCCCCCCCCCC. The Labute approximate surface area is 281 Å². The maximum absolute atomic E-state index is 12.6. The van der Waals surface area contributed by atoms with Gasteiger partial charge in [0.15, 0.2) is 0 Å². The Kier molecular flexibility index (Phi) is 36.1. The van der Waals surface area contributed by atoms with Crippen LogP contribution in [0.15, 0.2) is 12.2 Å². The van der Waals surface area contributed by atoms with E-state index in [0.29, 0.717) is 6.42 Å². The monoisotopic (exact) mass is 635 g/mol. The summed E-state index contributed by atoms with van der Waals surface area (Å²) in [6, 6.07) is 0. The van der Waals surface area contributed by atoms with Crippen LogP contribution in [-0.4, -0.2) is 23.1 Å². The summed E-state index contributed by atoms with van der Waals surface area (Å²) in [6.07, 6.45) is 45.3. The number of carboxylic acid groups (broad SMARTS) is 1. The van der Waals surface area contributed by atoms with Gasteiger partial charge in [0.05, 0.1) is 0 Å². The highest BCUT2D eigenvalue weighted by Crippen LogP contribution is 2.17. The zero-order valence-corrected chi connectivity index (χ0v) is 30.4. The van der Waals surface area contributed by atoms with Crippen molar-refractivity contribution in [1.29, 1.82) is 0 Å². The molecule has 0 fully saturated rings. The molecule has 45 heavy (non-hydrogen) atoms. The number of esters is 1. The topological polar surface area (TPSA) is 63.6 Å². The summed E-state index contributed by atoms with van der Waals surface area (Å²) in [5.41, 5.74) is 0. The molecule has 1 N–H and O–H groups in total. The summed E-state index contributed by atoms with van der Waals surface area (Å²) in [4.78, 5) is 23.3. The summed E-state index contributed by atoms with van der Waals surface area (Å²) >= 11 is 0. The van der Waals surface area contributed by atoms with Crippen LogP contribution >= 0.6 is 0 Å². The van der Waals surface area contributed by atoms with E-state index >= 15 is 0 Å². The van der Waals surface area contributed by atoms with Crippen LogP contribution in [0.2, 0.25) is 0 Å². The van der Waals surface area contributed by atoms with Gasteiger partial charge in [-0.05, 0) is 44.6 Å². The predicted molar refractivity (Wildman–Crippen MR) is 195 cm³/mol. The molecule has 0 aromatic rings. The van der Waals surface area contributed by atoms with Crippen LogP contribution in [0.3, 0.4) is 0 Å². The molecule has 0 saturated carbocycles. The first-order valence-electron chi connectivity index (χ1n) is 20.2. The highest BCUT2D eigenvalue weighted by Gasteiger charge is 2.11. The lowest BCUT2D eigenvalue weighted by atomic mass is 10.0. The van der Waals surface area contributed by atoms with Crippen LogP contribution in [0.4, 0.5) is 0 Å². The lowest BCUT2D eigenvalue weighted by molar-refractivity contribution is -0.147. The van der Waals surface area contributed by atoms with Crippen molar-refractivity contribution < 1.29 is 19.4 Å². The number of rotatable bonds is 37. The van der Waals surface area contributed by atoms with E-state index < -0.39 is 5.97 Å². The molecule has 4 heteroatoms. The van der Waals surface area contributed by atoms with E-state index in [4.69, 9.17) is 9.84 Å². The second kappa shape index (κ2) is 37.1. The molecule has 0 heterocycles. The molecule has 0 aliphatic heterocycles. The van der Waals surface area contributed by atoms with Gasteiger partial charge in [0, 0.05) is 12.8 Å². The van der Waals surface area contributed by atoms with Crippen molar-refractivity contribution in [3.63, 3.8) is 0 Å². The molecule has 0 spiro atoms. The third-order valence-corrected chi connectivity index (χ3v) is 9.22. The van der Waals surface area contributed by atoms with Crippen molar-refractivity contribution in [2.45, 2.75) is 238 Å². The summed E-state index contributed by atoms with van der Waals surface area (Å²) < 4.78 is 5.93. The number of aliphatic carboxylic acids is 1. The van der Waals surface area contributed by atoms with Gasteiger partial charge in [-0.2, -0.15) is 0 Å². The number of unbranched alkanes of at least 4 members (excludes halogenated alkanes) is 28. The van der Waals surface area contributed by atoms with Crippen molar-refractivity contribution in [3.8, 4) is 0 Å². The quantitative estimate of drug-likeness (QED) is 0.0419. The summed E-state index contributed by atoms with van der Waals surface area (Å²) in [7, 11) is 0. The van der Waals surface area contributed by atoms with E-state index in [0.717, 1.165) is 64.2 Å². The Morgan fingerprint density at radius 1 is 0.489 bits per heavy atom. The van der Waals surface area contributed by atoms with Crippen molar-refractivity contribution in [1.82, 2.24) is 0 Å². The maximum Gasteiger partial charge on any atom is 0.306 e. The van der Waals surface area contributed by atoms with Crippen molar-refractivity contribution in [3.05, 3.63) is 12.2 Å². The zero-order valence-electron chi connectivity index (χ0n) is 30.4. The second-order valence-corrected chi connectivity index (χ2v) is 13.8. The summed E-state index contributed by atoms with van der Waals surface area (Å²) in [5.74, 6) is -0.729. The zero-order chi connectivity index (χ0) is 32.9. The normalized spacial score (nSPS) is 12.2. The van der Waals surface area contributed by atoms with E-state index in [-0.39, 0.29) is 18.5 Å². The number of hydrogen-bond acceptors (Lipinski definition) is 3. The molecule has 266 valence electrons. The third kappa shape index (κ3) is 37.0. The Hall–Kier alpha value is -1.32. The number of ether oxygens (including phenoxy) is 1. The van der Waals surface area contributed by atoms with E-state index in [9.17, 15) is 9.59 Å². The molecular formula is C41H78O4. The third-order valence-electron chi connectivity index (χ3n) is 9.22. The Balaban J connectivity index is 3.97. The molecular weight excluding hydrogens is 556 g/mol. The van der Waals surface area contributed by atoms with Gasteiger partial charge in [0.25, 0.3) is 0 Å². The van der Waals surface area contributed by atoms with Crippen molar-refractivity contribution in [2.75, 3.05) is 0 Å². The van der Waals surface area contributed by atoms with Gasteiger partial charge in [0.2, 0.25) is 0 Å². The molecule has 0 aromatic carbocycles. The van der Waals surface area contributed by atoms with Crippen molar-refractivity contribution >= 4 is 11.9 Å². The van der Waals surface area contributed by atoms with Crippen LogP contribution in [0.25, 0.3) is 0 Å². The molecule has 0 radical (unpaired) electrons. The van der Waals surface area contributed by atoms with Gasteiger partial charge in [0.1, 0.15) is 6.10 Å². The molecule has 4 nitrogen and oxygen atoms in total. The molecule has 0 bridgehead atoms. The van der Waals surface area contributed by atoms with Gasteiger partial charge in [-0.1, -0.05) is 187 Å². The highest BCUT2D eigenvalue weighted by molar-refractivity contribution is 5.69. The molecule has 0 amide bonds. The molecule has 0 rings (SSSR count). The maximum atomic E-state index is 12.6. The van der Waals surface area contributed by atoms with Gasteiger partial charge in [-0.25, -0.2) is 0 Å². The van der Waals surface area contributed by atoms with Crippen LogP contribution in [-0.2, 0) is 14.3 Å². The Bertz CT molecular complexity index is 643. The Morgan fingerprint density at radius 2 is 0.844 bits per heavy atom. The lowest BCUT2D eigenvalue weighted by Gasteiger charge is -2.15. The number of carbonyl (C=O) groups is 2. The molecule has 1 atom stereocenters. The fourth-order valence-corrected chi connectivity index (χ4v) is 6.21. The number of carboxylic acids is 1. The van der Waals surface area contributed by atoms with Gasteiger partial charge >= 0.3 is 11.9 Å². The fourth-order valence-electron chi connectivity index (χ4n) is 6.21. The average Bonchev–Trinajstić information content (AvgIpc) is 3.02. The molecule has 0 aliphatic rings. The second-order valence-electron chi connectivity index (χ2n) is 13.8. The summed E-state index contributed by atoms with van der Waals surface area (Å²) in [6.45, 7) is 4.55. The number of hydrogen-bond donors (Lipinski definition) is 1. The first-order chi connectivity index (χ1) is 22.1. The Morgan fingerprint density at radius 3 is 1.27 bits per heavy atom. The van der Waals surface area contributed by atoms with Gasteiger partial charge < -0.3 is 9.84 Å². The van der Waals surface area contributed by atoms with Crippen LogP contribution in [0.5, 0.6) is 0 Å². The number of carbonyl (C=O) groups excluding carboxylic acids is 1. The smallest absolute Gasteiger partial charge is 0.306 e. The molecule has 1 unspecified atom stereocenters. The molecule has 0 saturated heterocycles. The van der Waals surface area contributed by atoms with Crippen LogP contribution in [0, 0.1) is 0 Å². The average molecular weight is 635 g/mol.